The molecule has 1 atom stereocenters. The van der Waals surface area contributed by atoms with Crippen LogP contribution in [0.3, 0.4) is 0 Å². The van der Waals surface area contributed by atoms with E-state index in [1.54, 1.807) is 6.33 Å². The van der Waals surface area contributed by atoms with Gasteiger partial charge >= 0.3 is 0 Å². The molecule has 5 nitrogen and oxygen atoms in total. The van der Waals surface area contributed by atoms with E-state index in [0.29, 0.717) is 18.2 Å². The molecule has 6 heteroatoms. The Kier molecular flexibility index (Phi) is 5.76. The van der Waals surface area contributed by atoms with E-state index in [2.05, 4.69) is 58.8 Å². The van der Waals surface area contributed by atoms with Crippen LogP contribution in [0, 0.1) is 6.92 Å². The van der Waals surface area contributed by atoms with Gasteiger partial charge in [-0.05, 0) is 49.4 Å². The van der Waals surface area contributed by atoms with Crippen LogP contribution in [0.2, 0.25) is 0 Å². The highest BCUT2D eigenvalue weighted by molar-refractivity contribution is 7.99. The van der Waals surface area contributed by atoms with Gasteiger partial charge in [-0.3, -0.25) is 9.36 Å². The van der Waals surface area contributed by atoms with E-state index < -0.39 is 0 Å². The molecule has 0 spiro atoms. The van der Waals surface area contributed by atoms with Crippen LogP contribution in [0.4, 0.5) is 0 Å². The Labute approximate surface area is 169 Å². The molecule has 0 saturated heterocycles. The lowest BCUT2D eigenvalue weighted by molar-refractivity contribution is -0.118. The van der Waals surface area contributed by atoms with Crippen LogP contribution in [-0.2, 0) is 11.2 Å². The molecule has 1 aliphatic rings. The predicted molar refractivity (Wildman–Crippen MR) is 112 cm³/mol. The average Bonchev–Trinajstić information content (AvgIpc) is 3.20. The molecule has 0 aliphatic heterocycles. The van der Waals surface area contributed by atoms with Gasteiger partial charge in [-0.15, -0.1) is 10.2 Å². The predicted octanol–water partition coefficient (Wildman–Crippen LogP) is 3.90. The van der Waals surface area contributed by atoms with Crippen molar-refractivity contribution in [3.8, 4) is 5.69 Å². The number of rotatable bonds is 6. The number of fused-ring (bicyclic) bond motifs is 1. The molecule has 0 radical (unpaired) electrons. The molecule has 1 heterocycles. The third-order valence-electron chi connectivity index (χ3n) is 5.20. The first-order valence-corrected chi connectivity index (χ1v) is 10.6. The third-order valence-corrected chi connectivity index (χ3v) is 6.14. The van der Waals surface area contributed by atoms with E-state index in [4.69, 9.17) is 0 Å². The molecule has 1 aromatic heterocycles. The van der Waals surface area contributed by atoms with Crippen molar-refractivity contribution in [2.75, 3.05) is 12.3 Å². The van der Waals surface area contributed by atoms with Gasteiger partial charge in [-0.1, -0.05) is 53.7 Å². The van der Waals surface area contributed by atoms with Gasteiger partial charge in [0.2, 0.25) is 5.91 Å². The minimum Gasteiger partial charge on any atom is -0.355 e. The summed E-state index contributed by atoms with van der Waals surface area (Å²) in [5.41, 5.74) is 5.02. The third kappa shape index (κ3) is 4.28. The summed E-state index contributed by atoms with van der Waals surface area (Å²) >= 11 is 1.41. The summed E-state index contributed by atoms with van der Waals surface area (Å²) in [5, 5.41) is 12.0. The number of thioether (sulfide) groups is 1. The average molecular weight is 393 g/mol. The van der Waals surface area contributed by atoms with E-state index in [1.165, 1.54) is 34.9 Å². The van der Waals surface area contributed by atoms with Crippen LogP contribution in [-0.4, -0.2) is 33.0 Å². The van der Waals surface area contributed by atoms with Crippen molar-refractivity contribution in [3.63, 3.8) is 0 Å². The van der Waals surface area contributed by atoms with Crippen molar-refractivity contribution in [1.29, 1.82) is 0 Å². The zero-order chi connectivity index (χ0) is 19.3. The molecule has 28 heavy (non-hydrogen) atoms. The zero-order valence-corrected chi connectivity index (χ0v) is 16.8. The molecule has 1 N–H and O–H groups in total. The molecule has 1 amide bonds. The van der Waals surface area contributed by atoms with Crippen LogP contribution in [0.25, 0.3) is 5.69 Å². The maximum atomic E-state index is 12.4. The van der Waals surface area contributed by atoms with E-state index >= 15 is 0 Å². The molecular weight excluding hydrogens is 368 g/mol. The molecule has 2 aromatic carbocycles. The summed E-state index contributed by atoms with van der Waals surface area (Å²) in [6.45, 7) is 2.75. The van der Waals surface area contributed by atoms with Gasteiger partial charge in [-0.25, -0.2) is 0 Å². The summed E-state index contributed by atoms with van der Waals surface area (Å²) in [7, 11) is 0. The van der Waals surface area contributed by atoms with Crippen molar-refractivity contribution in [1.82, 2.24) is 20.1 Å². The van der Waals surface area contributed by atoms with Crippen molar-refractivity contribution in [2.24, 2.45) is 0 Å². The number of amides is 1. The zero-order valence-electron chi connectivity index (χ0n) is 16.0. The van der Waals surface area contributed by atoms with Crippen LogP contribution in [0.1, 0.15) is 35.4 Å². The number of hydrogen-bond donors (Lipinski definition) is 1. The molecule has 144 valence electrons. The van der Waals surface area contributed by atoms with Gasteiger partial charge in [0.25, 0.3) is 0 Å². The second kappa shape index (κ2) is 8.61. The lowest BCUT2D eigenvalue weighted by Gasteiger charge is -2.25. The number of nitrogens with one attached hydrogen (secondary N) is 1. The van der Waals surface area contributed by atoms with Gasteiger partial charge in [0, 0.05) is 18.2 Å². The molecule has 0 saturated carbocycles. The minimum absolute atomic E-state index is 0.0338. The maximum absolute atomic E-state index is 12.4. The largest absolute Gasteiger partial charge is 0.355 e. The number of aryl methyl sites for hydroxylation is 2. The van der Waals surface area contributed by atoms with E-state index in [9.17, 15) is 4.79 Å². The SMILES string of the molecule is Cc1ccc(-n2cnnc2SCC(=O)NCC2CCCc3ccccc32)cc1. The van der Waals surface area contributed by atoms with Gasteiger partial charge in [0.05, 0.1) is 5.75 Å². The van der Waals surface area contributed by atoms with E-state index in [0.717, 1.165) is 23.7 Å². The number of hydrogen-bond acceptors (Lipinski definition) is 4. The number of nitrogens with zero attached hydrogens (tertiary/aromatic N) is 3. The Morgan fingerprint density at radius 1 is 1.21 bits per heavy atom. The quantitative estimate of drug-likeness (QED) is 0.646. The van der Waals surface area contributed by atoms with Gasteiger partial charge in [0.15, 0.2) is 5.16 Å². The van der Waals surface area contributed by atoms with Crippen molar-refractivity contribution < 1.29 is 4.79 Å². The Balaban J connectivity index is 1.33. The van der Waals surface area contributed by atoms with Gasteiger partial charge in [0.1, 0.15) is 6.33 Å². The number of carbonyl (C=O) groups excluding carboxylic acids is 1. The van der Waals surface area contributed by atoms with E-state index in [-0.39, 0.29) is 5.91 Å². The molecule has 1 unspecified atom stereocenters. The Morgan fingerprint density at radius 3 is 2.89 bits per heavy atom. The van der Waals surface area contributed by atoms with Crippen molar-refractivity contribution in [2.45, 2.75) is 37.3 Å². The first kappa shape index (κ1) is 18.7. The van der Waals surface area contributed by atoms with E-state index in [1.807, 2.05) is 16.7 Å². The summed E-state index contributed by atoms with van der Waals surface area (Å²) in [5.74, 6) is 0.778. The van der Waals surface area contributed by atoms with Gasteiger partial charge in [-0.2, -0.15) is 0 Å². The normalized spacial score (nSPS) is 15.8. The monoisotopic (exact) mass is 392 g/mol. The molecule has 4 rings (SSSR count). The number of aromatic nitrogens is 3. The highest BCUT2D eigenvalue weighted by atomic mass is 32.2. The molecule has 0 fully saturated rings. The van der Waals surface area contributed by atoms with Crippen molar-refractivity contribution >= 4 is 17.7 Å². The van der Waals surface area contributed by atoms with Crippen molar-refractivity contribution in [3.05, 3.63) is 71.5 Å². The number of carbonyl (C=O) groups is 1. The second-order valence-electron chi connectivity index (χ2n) is 7.20. The Bertz CT molecular complexity index is 951. The summed E-state index contributed by atoms with van der Waals surface area (Å²) in [6.07, 6.45) is 5.15. The first-order valence-electron chi connectivity index (χ1n) is 9.65. The number of benzene rings is 2. The molecule has 3 aromatic rings. The Morgan fingerprint density at radius 2 is 2.04 bits per heavy atom. The summed E-state index contributed by atoms with van der Waals surface area (Å²) in [6, 6.07) is 16.8. The maximum Gasteiger partial charge on any atom is 0.230 e. The summed E-state index contributed by atoms with van der Waals surface area (Å²) < 4.78 is 1.91. The summed E-state index contributed by atoms with van der Waals surface area (Å²) in [4.78, 5) is 12.4. The van der Waals surface area contributed by atoms with Gasteiger partial charge < -0.3 is 5.32 Å². The van der Waals surface area contributed by atoms with Crippen LogP contribution >= 0.6 is 11.8 Å². The standard InChI is InChI=1S/C22H24N4OS/c1-16-9-11-19(12-10-16)26-15-24-25-22(26)28-14-21(27)23-13-18-7-4-6-17-5-2-3-8-20(17)18/h2-3,5,8-12,15,18H,4,6-7,13-14H2,1H3,(H,23,27). The fourth-order valence-corrected chi connectivity index (χ4v) is 4.45. The topological polar surface area (TPSA) is 59.8 Å². The highest BCUT2D eigenvalue weighted by Crippen LogP contribution is 2.30. The lowest BCUT2D eigenvalue weighted by atomic mass is 9.83. The second-order valence-corrected chi connectivity index (χ2v) is 8.14. The van der Waals surface area contributed by atoms with Crippen LogP contribution in [0.5, 0.6) is 0 Å². The van der Waals surface area contributed by atoms with Crippen LogP contribution in [0.15, 0.2) is 60.0 Å². The van der Waals surface area contributed by atoms with Crippen LogP contribution < -0.4 is 5.32 Å². The molecule has 1 aliphatic carbocycles. The Hall–Kier alpha value is -2.60. The highest BCUT2D eigenvalue weighted by Gasteiger charge is 2.20. The fourth-order valence-electron chi connectivity index (χ4n) is 3.69. The molecule has 0 bridgehead atoms. The lowest BCUT2D eigenvalue weighted by Crippen LogP contribution is -2.31. The minimum atomic E-state index is 0.0338. The smallest absolute Gasteiger partial charge is 0.230 e. The first-order chi connectivity index (χ1) is 13.7. The molecular formula is C22H24N4OS. The fraction of sp³-hybridized carbons (Fsp3) is 0.318.